The summed E-state index contributed by atoms with van der Waals surface area (Å²) in [6.45, 7) is 0.869. The van der Waals surface area contributed by atoms with Gasteiger partial charge in [-0.05, 0) is 42.9 Å². The highest BCUT2D eigenvalue weighted by atomic mass is 16.5. The van der Waals surface area contributed by atoms with Gasteiger partial charge in [0.15, 0.2) is 0 Å². The molecular formula is C21H23NO2. The summed E-state index contributed by atoms with van der Waals surface area (Å²) in [6.07, 6.45) is 3.88. The molecule has 1 saturated carbocycles. The number of carbonyl (C=O) groups excluding carboxylic acids is 1. The third kappa shape index (κ3) is 2.48. The predicted molar refractivity (Wildman–Crippen MR) is 93.9 cm³/mol. The zero-order valence-electron chi connectivity index (χ0n) is 14.1. The van der Waals surface area contributed by atoms with Crippen molar-refractivity contribution in [3.05, 3.63) is 65.7 Å². The van der Waals surface area contributed by atoms with Crippen LogP contribution in [0.25, 0.3) is 0 Å². The Bertz CT molecular complexity index is 737. The number of nitrogens with zero attached hydrogens (tertiary/aromatic N) is 1. The van der Waals surface area contributed by atoms with E-state index >= 15 is 0 Å². The molecule has 1 unspecified atom stereocenters. The van der Waals surface area contributed by atoms with Crippen molar-refractivity contribution in [2.45, 2.75) is 31.2 Å². The minimum absolute atomic E-state index is 0.0339. The fraction of sp³-hybridized carbons (Fsp3) is 0.381. The summed E-state index contributed by atoms with van der Waals surface area (Å²) in [6, 6.07) is 18.5. The molecular weight excluding hydrogens is 298 g/mol. The number of carbonyl (C=O) groups is 1. The zero-order chi connectivity index (χ0) is 16.6. The second kappa shape index (κ2) is 5.97. The van der Waals surface area contributed by atoms with Crippen LogP contribution in [0.2, 0.25) is 0 Å². The van der Waals surface area contributed by atoms with E-state index in [0.29, 0.717) is 5.91 Å². The average molecular weight is 321 g/mol. The molecule has 24 heavy (non-hydrogen) atoms. The van der Waals surface area contributed by atoms with Crippen LogP contribution in [0, 0.1) is 5.92 Å². The Morgan fingerprint density at radius 3 is 2.50 bits per heavy atom. The minimum Gasteiger partial charge on any atom is -0.496 e. The van der Waals surface area contributed by atoms with Gasteiger partial charge in [-0.1, -0.05) is 48.5 Å². The van der Waals surface area contributed by atoms with E-state index in [-0.39, 0.29) is 11.5 Å². The first kappa shape index (κ1) is 15.3. The Hall–Kier alpha value is -2.29. The largest absolute Gasteiger partial charge is 0.496 e. The van der Waals surface area contributed by atoms with Gasteiger partial charge in [0.05, 0.1) is 12.6 Å². The van der Waals surface area contributed by atoms with Gasteiger partial charge < -0.3 is 9.64 Å². The predicted octanol–water partition coefficient (Wildman–Crippen LogP) is 3.78. The number of hydrogen-bond acceptors (Lipinski definition) is 2. The van der Waals surface area contributed by atoms with Crippen LogP contribution in [0.5, 0.6) is 5.75 Å². The highest BCUT2D eigenvalue weighted by Gasteiger charge is 2.54. The van der Waals surface area contributed by atoms with E-state index < -0.39 is 0 Å². The van der Waals surface area contributed by atoms with Gasteiger partial charge >= 0.3 is 0 Å². The van der Waals surface area contributed by atoms with Crippen LogP contribution < -0.4 is 4.74 Å². The number of ether oxygens (including phenoxy) is 1. The molecule has 2 aromatic carbocycles. The number of rotatable bonds is 5. The van der Waals surface area contributed by atoms with Crippen molar-refractivity contribution in [2.75, 3.05) is 13.7 Å². The fourth-order valence-corrected chi connectivity index (χ4v) is 4.07. The molecule has 4 rings (SSSR count). The van der Waals surface area contributed by atoms with Gasteiger partial charge in [-0.3, -0.25) is 4.79 Å². The first-order valence-electron chi connectivity index (χ1n) is 8.73. The molecule has 0 N–H and O–H groups in total. The zero-order valence-corrected chi connectivity index (χ0v) is 14.1. The third-order valence-corrected chi connectivity index (χ3v) is 5.53. The van der Waals surface area contributed by atoms with E-state index in [1.54, 1.807) is 7.11 Å². The maximum Gasteiger partial charge on any atom is 0.226 e. The molecule has 0 spiro atoms. The lowest BCUT2D eigenvalue weighted by atomic mass is 9.97. The number of likely N-dealkylation sites (tertiary alicyclic amines) is 1. The van der Waals surface area contributed by atoms with Crippen LogP contribution in [0.15, 0.2) is 54.6 Å². The quantitative estimate of drug-likeness (QED) is 0.839. The van der Waals surface area contributed by atoms with Crippen molar-refractivity contribution in [3.8, 4) is 5.75 Å². The van der Waals surface area contributed by atoms with Gasteiger partial charge in [0, 0.05) is 12.5 Å². The molecule has 124 valence electrons. The highest BCUT2D eigenvalue weighted by molar-refractivity contribution is 5.83. The maximum absolute atomic E-state index is 13.1. The van der Waals surface area contributed by atoms with Crippen LogP contribution >= 0.6 is 0 Å². The third-order valence-electron chi connectivity index (χ3n) is 5.53. The molecule has 1 saturated heterocycles. The van der Waals surface area contributed by atoms with Crippen LogP contribution in [0.4, 0.5) is 0 Å². The van der Waals surface area contributed by atoms with Crippen molar-refractivity contribution in [2.24, 2.45) is 5.92 Å². The van der Waals surface area contributed by atoms with Crippen molar-refractivity contribution in [3.63, 3.8) is 0 Å². The molecule has 1 aliphatic heterocycles. The number of amides is 1. The summed E-state index contributed by atoms with van der Waals surface area (Å²) in [5.41, 5.74) is 2.38. The second-order valence-electron chi connectivity index (χ2n) is 6.89. The first-order chi connectivity index (χ1) is 11.7. The molecule has 2 fully saturated rings. The fourth-order valence-electron chi connectivity index (χ4n) is 4.07. The summed E-state index contributed by atoms with van der Waals surface area (Å²) in [4.78, 5) is 15.2. The number of hydrogen-bond donors (Lipinski definition) is 0. The van der Waals surface area contributed by atoms with Gasteiger partial charge in [0.2, 0.25) is 5.91 Å². The molecule has 3 heteroatoms. The van der Waals surface area contributed by atoms with Crippen molar-refractivity contribution < 1.29 is 9.53 Å². The minimum atomic E-state index is -0.0339. The Labute approximate surface area is 143 Å². The average Bonchev–Trinajstić information content (AvgIpc) is 3.36. The Kier molecular flexibility index (Phi) is 3.79. The van der Waals surface area contributed by atoms with E-state index in [9.17, 15) is 4.79 Å². The summed E-state index contributed by atoms with van der Waals surface area (Å²) in [7, 11) is 1.69. The van der Waals surface area contributed by atoms with Crippen LogP contribution in [-0.4, -0.2) is 24.5 Å². The van der Waals surface area contributed by atoms with E-state index in [4.69, 9.17) is 4.74 Å². The van der Waals surface area contributed by atoms with Gasteiger partial charge in [0.1, 0.15) is 5.75 Å². The number of para-hydroxylation sites is 1. The monoisotopic (exact) mass is 321 g/mol. The van der Waals surface area contributed by atoms with Gasteiger partial charge in [0.25, 0.3) is 0 Å². The van der Waals surface area contributed by atoms with Gasteiger partial charge in [-0.25, -0.2) is 0 Å². The number of methoxy groups -OCH3 is 1. The summed E-state index contributed by atoms with van der Waals surface area (Å²) in [5.74, 6) is 1.26. The topological polar surface area (TPSA) is 29.5 Å². The SMILES string of the molecule is COc1ccccc1CC1CCN(C2(c3ccccc3)CC2)C1=O. The van der Waals surface area contributed by atoms with Gasteiger partial charge in [-0.2, -0.15) is 0 Å². The highest BCUT2D eigenvalue weighted by Crippen LogP contribution is 2.53. The van der Waals surface area contributed by atoms with Crippen LogP contribution in [0.1, 0.15) is 30.4 Å². The molecule has 0 bridgehead atoms. The Morgan fingerprint density at radius 2 is 1.79 bits per heavy atom. The summed E-state index contributed by atoms with van der Waals surface area (Å²) >= 11 is 0. The first-order valence-corrected chi connectivity index (χ1v) is 8.73. The van der Waals surface area contributed by atoms with E-state index in [0.717, 1.165) is 43.5 Å². The molecule has 1 atom stereocenters. The molecule has 0 radical (unpaired) electrons. The van der Waals surface area contributed by atoms with Gasteiger partial charge in [-0.15, -0.1) is 0 Å². The summed E-state index contributed by atoms with van der Waals surface area (Å²) < 4.78 is 5.44. The smallest absolute Gasteiger partial charge is 0.226 e. The molecule has 0 aromatic heterocycles. The molecule has 1 aliphatic carbocycles. The van der Waals surface area contributed by atoms with Crippen molar-refractivity contribution in [1.29, 1.82) is 0 Å². The van der Waals surface area contributed by atoms with Crippen molar-refractivity contribution >= 4 is 5.91 Å². The van der Waals surface area contributed by atoms with E-state index in [1.807, 2.05) is 24.3 Å². The lowest BCUT2D eigenvalue weighted by Crippen LogP contribution is -2.38. The van der Waals surface area contributed by atoms with Crippen LogP contribution in [0.3, 0.4) is 0 Å². The van der Waals surface area contributed by atoms with E-state index in [2.05, 4.69) is 35.2 Å². The number of benzene rings is 2. The molecule has 1 heterocycles. The van der Waals surface area contributed by atoms with E-state index in [1.165, 1.54) is 5.56 Å². The molecule has 3 nitrogen and oxygen atoms in total. The lowest BCUT2D eigenvalue weighted by molar-refractivity contribution is -0.133. The second-order valence-corrected chi connectivity index (χ2v) is 6.89. The molecule has 2 aliphatic rings. The lowest BCUT2D eigenvalue weighted by Gasteiger charge is -2.29. The molecule has 2 aromatic rings. The summed E-state index contributed by atoms with van der Waals surface area (Å²) in [5, 5.41) is 0. The standard InChI is InChI=1S/C21H23NO2/c1-24-19-10-6-5-7-16(19)15-17-11-14-22(20(17)23)21(12-13-21)18-8-3-2-4-9-18/h2-10,17H,11-15H2,1H3. The maximum atomic E-state index is 13.1. The Balaban J connectivity index is 1.53. The van der Waals surface area contributed by atoms with Crippen molar-refractivity contribution in [1.82, 2.24) is 4.90 Å². The normalized spacial score (nSPS) is 21.8. The van der Waals surface area contributed by atoms with Crippen LogP contribution in [-0.2, 0) is 16.8 Å². The molecule has 1 amide bonds. The Morgan fingerprint density at radius 1 is 1.08 bits per heavy atom.